The van der Waals surface area contributed by atoms with E-state index in [0.717, 1.165) is 19.7 Å². The van der Waals surface area contributed by atoms with Crippen LogP contribution in [0.15, 0.2) is 0 Å². The molecule has 1 N–H and O–H groups in total. The first-order chi connectivity index (χ1) is 8.24. The van der Waals surface area contributed by atoms with E-state index in [1.54, 1.807) is 0 Å². The zero-order chi connectivity index (χ0) is 11.8. The molecule has 17 heavy (non-hydrogen) atoms. The molecule has 3 aliphatic rings. The van der Waals surface area contributed by atoms with Crippen LogP contribution in [-0.4, -0.2) is 66.8 Å². The average molecular weight is 239 g/mol. The fourth-order valence-corrected chi connectivity index (χ4v) is 3.14. The van der Waals surface area contributed by atoms with Crippen LogP contribution < -0.4 is 5.32 Å². The van der Waals surface area contributed by atoms with E-state index in [1.807, 2.05) is 11.8 Å². The summed E-state index contributed by atoms with van der Waals surface area (Å²) in [7, 11) is 0. The second-order valence-corrected chi connectivity index (χ2v) is 5.35. The predicted molar refractivity (Wildman–Crippen MR) is 63.5 cm³/mol. The molecule has 3 aliphatic heterocycles. The summed E-state index contributed by atoms with van der Waals surface area (Å²) in [6.45, 7) is 6.27. The molecule has 3 rings (SSSR count). The summed E-state index contributed by atoms with van der Waals surface area (Å²) in [6.07, 6.45) is 2.91. The molecule has 0 spiro atoms. The largest absolute Gasteiger partial charge is 0.373 e. The van der Waals surface area contributed by atoms with Crippen molar-refractivity contribution >= 4 is 5.91 Å². The van der Waals surface area contributed by atoms with E-state index in [2.05, 4.69) is 10.2 Å². The van der Waals surface area contributed by atoms with Crippen molar-refractivity contribution in [2.24, 2.45) is 0 Å². The van der Waals surface area contributed by atoms with Crippen LogP contribution in [0.3, 0.4) is 0 Å². The molecule has 3 saturated heterocycles. The lowest BCUT2D eigenvalue weighted by molar-refractivity contribution is -0.131. The first kappa shape index (κ1) is 11.4. The number of hydrogen-bond donors (Lipinski definition) is 1. The summed E-state index contributed by atoms with van der Waals surface area (Å²) in [5, 5.41) is 3.16. The molecule has 0 aliphatic carbocycles. The number of carbonyl (C=O) groups is 1. The van der Waals surface area contributed by atoms with Gasteiger partial charge in [0.25, 0.3) is 0 Å². The third-order valence-corrected chi connectivity index (χ3v) is 4.20. The molecule has 3 unspecified atom stereocenters. The Hall–Kier alpha value is -0.650. The quantitative estimate of drug-likeness (QED) is 0.714. The van der Waals surface area contributed by atoms with Crippen LogP contribution in [0.1, 0.15) is 19.8 Å². The Bertz CT molecular complexity index is 310. The molecule has 0 bridgehead atoms. The molecule has 0 saturated carbocycles. The fraction of sp³-hybridized carbons (Fsp3) is 0.917. The van der Waals surface area contributed by atoms with Crippen LogP contribution in [-0.2, 0) is 9.53 Å². The van der Waals surface area contributed by atoms with Gasteiger partial charge in [-0.05, 0) is 26.3 Å². The molecule has 1 amide bonds. The van der Waals surface area contributed by atoms with E-state index in [4.69, 9.17) is 4.74 Å². The molecule has 5 heteroatoms. The summed E-state index contributed by atoms with van der Waals surface area (Å²) in [6, 6.07) is 0.635. The minimum absolute atomic E-state index is 0.155. The van der Waals surface area contributed by atoms with Gasteiger partial charge >= 0.3 is 0 Å². The molecule has 3 heterocycles. The standard InChI is InChI=1S/C12H21N3O2/c1-9-13-5-12(16)15(9)7-11-6-14-4-2-3-10(14)8-17-11/h9-11,13H,2-8H2,1H3. The maximum Gasteiger partial charge on any atom is 0.237 e. The van der Waals surface area contributed by atoms with Gasteiger partial charge in [0.1, 0.15) is 0 Å². The Morgan fingerprint density at radius 1 is 1.53 bits per heavy atom. The Labute approximate surface area is 102 Å². The highest BCUT2D eigenvalue weighted by atomic mass is 16.5. The number of nitrogens with zero attached hydrogens (tertiary/aromatic N) is 2. The zero-order valence-electron chi connectivity index (χ0n) is 10.4. The number of carbonyl (C=O) groups excluding carboxylic acids is 1. The summed E-state index contributed by atoms with van der Waals surface area (Å²) in [5.41, 5.74) is 0. The van der Waals surface area contributed by atoms with Crippen LogP contribution in [0.25, 0.3) is 0 Å². The van der Waals surface area contributed by atoms with Crippen LogP contribution in [0.2, 0.25) is 0 Å². The van der Waals surface area contributed by atoms with Crippen molar-refractivity contribution in [1.29, 1.82) is 0 Å². The van der Waals surface area contributed by atoms with Gasteiger partial charge < -0.3 is 9.64 Å². The van der Waals surface area contributed by atoms with Gasteiger partial charge in [0.05, 0.1) is 25.4 Å². The number of morpholine rings is 1. The lowest BCUT2D eigenvalue weighted by Crippen LogP contribution is -2.51. The van der Waals surface area contributed by atoms with Crippen molar-refractivity contribution in [3.8, 4) is 0 Å². The Balaban J connectivity index is 1.57. The highest BCUT2D eigenvalue weighted by Gasteiger charge is 2.35. The van der Waals surface area contributed by atoms with E-state index in [9.17, 15) is 4.79 Å². The van der Waals surface area contributed by atoms with Crippen molar-refractivity contribution in [2.45, 2.75) is 38.1 Å². The normalized spacial score (nSPS) is 38.8. The Kier molecular flexibility index (Phi) is 3.06. The van der Waals surface area contributed by atoms with Crippen molar-refractivity contribution in [3.05, 3.63) is 0 Å². The highest BCUT2D eigenvalue weighted by Crippen LogP contribution is 2.23. The van der Waals surface area contributed by atoms with Gasteiger partial charge in [-0.3, -0.25) is 15.0 Å². The smallest absolute Gasteiger partial charge is 0.237 e. The highest BCUT2D eigenvalue weighted by molar-refractivity contribution is 5.80. The molecular formula is C12H21N3O2. The number of ether oxygens (including phenoxy) is 1. The second-order valence-electron chi connectivity index (χ2n) is 5.35. The van der Waals surface area contributed by atoms with Gasteiger partial charge in [0.15, 0.2) is 0 Å². The van der Waals surface area contributed by atoms with Gasteiger partial charge in [-0.25, -0.2) is 0 Å². The van der Waals surface area contributed by atoms with Gasteiger partial charge in [-0.1, -0.05) is 0 Å². The zero-order valence-corrected chi connectivity index (χ0v) is 10.4. The molecule has 0 aromatic rings. The molecule has 0 aromatic carbocycles. The lowest BCUT2D eigenvalue weighted by atomic mass is 10.2. The number of amides is 1. The first-order valence-corrected chi connectivity index (χ1v) is 6.62. The molecule has 0 aromatic heterocycles. The fourth-order valence-electron chi connectivity index (χ4n) is 3.14. The maximum atomic E-state index is 11.7. The first-order valence-electron chi connectivity index (χ1n) is 6.62. The number of nitrogens with one attached hydrogen (secondary N) is 1. The van der Waals surface area contributed by atoms with Gasteiger partial charge in [-0.2, -0.15) is 0 Å². The topological polar surface area (TPSA) is 44.8 Å². The molecule has 3 fully saturated rings. The van der Waals surface area contributed by atoms with Crippen molar-refractivity contribution in [1.82, 2.24) is 15.1 Å². The van der Waals surface area contributed by atoms with Crippen LogP contribution in [0, 0.1) is 0 Å². The van der Waals surface area contributed by atoms with E-state index in [-0.39, 0.29) is 18.2 Å². The monoisotopic (exact) mass is 239 g/mol. The van der Waals surface area contributed by atoms with Crippen LogP contribution >= 0.6 is 0 Å². The minimum atomic E-state index is 0.155. The average Bonchev–Trinajstić information content (AvgIpc) is 2.90. The van der Waals surface area contributed by atoms with E-state index in [0.29, 0.717) is 12.6 Å². The Morgan fingerprint density at radius 3 is 3.18 bits per heavy atom. The summed E-state index contributed by atoms with van der Waals surface area (Å²) in [4.78, 5) is 16.1. The van der Waals surface area contributed by atoms with Crippen molar-refractivity contribution < 1.29 is 9.53 Å². The predicted octanol–water partition coefficient (Wildman–Crippen LogP) is -0.373. The second kappa shape index (κ2) is 4.55. The van der Waals surface area contributed by atoms with E-state index in [1.165, 1.54) is 19.4 Å². The van der Waals surface area contributed by atoms with Crippen molar-refractivity contribution in [3.63, 3.8) is 0 Å². The molecule has 96 valence electrons. The number of fused-ring (bicyclic) bond motifs is 1. The van der Waals surface area contributed by atoms with E-state index >= 15 is 0 Å². The number of rotatable bonds is 2. The third-order valence-electron chi connectivity index (χ3n) is 4.20. The molecular weight excluding hydrogens is 218 g/mol. The number of hydrogen-bond acceptors (Lipinski definition) is 4. The molecule has 3 atom stereocenters. The molecule has 0 radical (unpaired) electrons. The van der Waals surface area contributed by atoms with Gasteiger partial charge in [-0.15, -0.1) is 0 Å². The maximum absolute atomic E-state index is 11.7. The van der Waals surface area contributed by atoms with Crippen molar-refractivity contribution in [2.75, 3.05) is 32.8 Å². The summed E-state index contributed by atoms with van der Waals surface area (Å²) < 4.78 is 5.89. The third kappa shape index (κ3) is 2.19. The Morgan fingerprint density at radius 2 is 2.41 bits per heavy atom. The van der Waals surface area contributed by atoms with E-state index < -0.39 is 0 Å². The SMILES string of the molecule is CC1NCC(=O)N1CC1CN2CCCC2CO1. The van der Waals surface area contributed by atoms with Crippen LogP contribution in [0.5, 0.6) is 0 Å². The summed E-state index contributed by atoms with van der Waals surface area (Å²) >= 11 is 0. The summed E-state index contributed by atoms with van der Waals surface area (Å²) in [5.74, 6) is 0.199. The van der Waals surface area contributed by atoms with Crippen LogP contribution in [0.4, 0.5) is 0 Å². The van der Waals surface area contributed by atoms with Gasteiger partial charge in [0.2, 0.25) is 5.91 Å². The van der Waals surface area contributed by atoms with Gasteiger partial charge in [0, 0.05) is 19.1 Å². The minimum Gasteiger partial charge on any atom is -0.373 e. The molecule has 5 nitrogen and oxygen atoms in total. The lowest BCUT2D eigenvalue weighted by Gasteiger charge is -2.37.